The summed E-state index contributed by atoms with van der Waals surface area (Å²) in [5, 5.41) is -0.0277. The number of benzene rings is 1. The third-order valence-electron chi connectivity index (χ3n) is 2.13. The van der Waals surface area contributed by atoms with Gasteiger partial charge in [-0.25, -0.2) is 0 Å². The van der Waals surface area contributed by atoms with E-state index < -0.39 is 0 Å². The molecule has 3 heteroatoms. The first-order chi connectivity index (χ1) is 6.72. The molecule has 0 fully saturated rings. The Morgan fingerprint density at radius 3 is 2.50 bits per heavy atom. The number of methoxy groups -OCH3 is 2. The van der Waals surface area contributed by atoms with Gasteiger partial charge < -0.3 is 9.47 Å². The summed E-state index contributed by atoms with van der Waals surface area (Å²) >= 11 is 6.17. The van der Waals surface area contributed by atoms with E-state index >= 15 is 0 Å². The van der Waals surface area contributed by atoms with Crippen LogP contribution in [0, 0.1) is 0 Å². The molecule has 1 rings (SSSR count). The van der Waals surface area contributed by atoms with Crippen molar-refractivity contribution in [2.45, 2.75) is 18.7 Å². The van der Waals surface area contributed by atoms with Crippen molar-refractivity contribution in [1.29, 1.82) is 0 Å². The van der Waals surface area contributed by atoms with Gasteiger partial charge >= 0.3 is 0 Å². The van der Waals surface area contributed by atoms with Crippen LogP contribution in [0.3, 0.4) is 0 Å². The molecule has 2 nitrogen and oxygen atoms in total. The van der Waals surface area contributed by atoms with Crippen LogP contribution in [0.4, 0.5) is 0 Å². The average Bonchev–Trinajstić information content (AvgIpc) is 2.27. The first kappa shape index (κ1) is 11.2. The van der Waals surface area contributed by atoms with Crippen LogP contribution in [-0.2, 0) is 0 Å². The minimum atomic E-state index is -0.0277. The van der Waals surface area contributed by atoms with E-state index in [9.17, 15) is 0 Å². The number of rotatable bonds is 4. The molecular formula is C11H15ClO2. The van der Waals surface area contributed by atoms with Crippen molar-refractivity contribution in [3.8, 4) is 11.5 Å². The molecule has 78 valence electrons. The van der Waals surface area contributed by atoms with E-state index in [4.69, 9.17) is 21.1 Å². The standard InChI is InChI=1S/C11H15ClO2/c1-4-10(12)9-7-8(13-2)5-6-11(9)14-3/h5-7,10H,4H2,1-3H3. The normalized spacial score (nSPS) is 12.3. The van der Waals surface area contributed by atoms with E-state index in [1.165, 1.54) is 0 Å². The van der Waals surface area contributed by atoms with Gasteiger partial charge in [-0.15, -0.1) is 11.6 Å². The van der Waals surface area contributed by atoms with Gasteiger partial charge in [-0.05, 0) is 24.6 Å². The molecule has 1 aromatic rings. The van der Waals surface area contributed by atoms with E-state index in [0.29, 0.717) is 0 Å². The third-order valence-corrected chi connectivity index (χ3v) is 2.68. The lowest BCUT2D eigenvalue weighted by Gasteiger charge is -2.13. The van der Waals surface area contributed by atoms with E-state index in [2.05, 4.69) is 0 Å². The van der Waals surface area contributed by atoms with E-state index in [1.54, 1.807) is 14.2 Å². The molecule has 1 atom stereocenters. The Labute approximate surface area is 89.8 Å². The number of alkyl halides is 1. The maximum atomic E-state index is 6.17. The molecule has 0 N–H and O–H groups in total. The van der Waals surface area contributed by atoms with Crippen LogP contribution in [0.15, 0.2) is 18.2 Å². The molecular weight excluding hydrogens is 200 g/mol. The van der Waals surface area contributed by atoms with E-state index in [0.717, 1.165) is 23.5 Å². The molecule has 14 heavy (non-hydrogen) atoms. The monoisotopic (exact) mass is 214 g/mol. The molecule has 0 saturated heterocycles. The Hall–Kier alpha value is -0.890. The highest BCUT2D eigenvalue weighted by Crippen LogP contribution is 2.34. The summed E-state index contributed by atoms with van der Waals surface area (Å²) in [5.41, 5.74) is 0.982. The van der Waals surface area contributed by atoms with Crippen LogP contribution in [0.25, 0.3) is 0 Å². The Morgan fingerprint density at radius 1 is 1.29 bits per heavy atom. The second-order valence-corrected chi connectivity index (χ2v) is 3.51. The van der Waals surface area contributed by atoms with Crippen molar-refractivity contribution in [3.05, 3.63) is 23.8 Å². The highest BCUT2D eigenvalue weighted by molar-refractivity contribution is 6.21. The molecule has 0 bridgehead atoms. The first-order valence-corrected chi connectivity index (χ1v) is 5.02. The lowest BCUT2D eigenvalue weighted by molar-refractivity contribution is 0.398. The molecule has 1 unspecified atom stereocenters. The summed E-state index contributed by atoms with van der Waals surface area (Å²) in [7, 11) is 3.28. The summed E-state index contributed by atoms with van der Waals surface area (Å²) in [4.78, 5) is 0. The van der Waals surface area contributed by atoms with Gasteiger partial charge in [0.15, 0.2) is 0 Å². The van der Waals surface area contributed by atoms with Crippen LogP contribution in [0.5, 0.6) is 11.5 Å². The lowest BCUT2D eigenvalue weighted by Crippen LogP contribution is -1.95. The Morgan fingerprint density at radius 2 is 2.00 bits per heavy atom. The van der Waals surface area contributed by atoms with E-state index in [-0.39, 0.29) is 5.38 Å². The highest BCUT2D eigenvalue weighted by atomic mass is 35.5. The summed E-state index contributed by atoms with van der Waals surface area (Å²) in [5.74, 6) is 1.62. The Balaban J connectivity index is 3.08. The van der Waals surface area contributed by atoms with Crippen LogP contribution >= 0.6 is 11.6 Å². The predicted molar refractivity (Wildman–Crippen MR) is 58.4 cm³/mol. The number of ether oxygens (including phenoxy) is 2. The summed E-state index contributed by atoms with van der Waals surface area (Å²) in [6, 6.07) is 5.65. The van der Waals surface area contributed by atoms with E-state index in [1.807, 2.05) is 25.1 Å². The molecule has 0 radical (unpaired) electrons. The van der Waals surface area contributed by atoms with Gasteiger partial charge in [-0.3, -0.25) is 0 Å². The maximum Gasteiger partial charge on any atom is 0.123 e. The quantitative estimate of drug-likeness (QED) is 0.716. The molecule has 0 heterocycles. The second kappa shape index (κ2) is 5.11. The fourth-order valence-electron chi connectivity index (χ4n) is 1.30. The van der Waals surface area contributed by atoms with Gasteiger partial charge in [0.2, 0.25) is 0 Å². The van der Waals surface area contributed by atoms with Gasteiger partial charge in [-0.2, -0.15) is 0 Å². The first-order valence-electron chi connectivity index (χ1n) is 4.59. The summed E-state index contributed by atoms with van der Waals surface area (Å²) < 4.78 is 10.4. The smallest absolute Gasteiger partial charge is 0.123 e. The molecule has 0 spiro atoms. The molecule has 0 aliphatic rings. The Bertz CT molecular complexity index is 299. The highest BCUT2D eigenvalue weighted by Gasteiger charge is 2.12. The van der Waals surface area contributed by atoms with Crippen molar-refractivity contribution in [3.63, 3.8) is 0 Å². The third kappa shape index (κ3) is 2.32. The van der Waals surface area contributed by atoms with Crippen LogP contribution in [0.1, 0.15) is 24.3 Å². The fourth-order valence-corrected chi connectivity index (χ4v) is 1.47. The van der Waals surface area contributed by atoms with Gasteiger partial charge in [-0.1, -0.05) is 6.92 Å². The number of hydrogen-bond acceptors (Lipinski definition) is 2. The van der Waals surface area contributed by atoms with Crippen molar-refractivity contribution in [1.82, 2.24) is 0 Å². The van der Waals surface area contributed by atoms with Gasteiger partial charge in [0.05, 0.1) is 19.6 Å². The number of hydrogen-bond donors (Lipinski definition) is 0. The zero-order valence-corrected chi connectivity index (χ0v) is 9.47. The van der Waals surface area contributed by atoms with Gasteiger partial charge in [0, 0.05) is 5.56 Å². The topological polar surface area (TPSA) is 18.5 Å². The minimum absolute atomic E-state index is 0.0277. The lowest BCUT2D eigenvalue weighted by atomic mass is 10.1. The van der Waals surface area contributed by atoms with Gasteiger partial charge in [0.25, 0.3) is 0 Å². The second-order valence-electron chi connectivity index (χ2n) is 2.98. The summed E-state index contributed by atoms with van der Waals surface area (Å²) in [6.07, 6.45) is 0.866. The van der Waals surface area contributed by atoms with Crippen molar-refractivity contribution in [2.24, 2.45) is 0 Å². The fraction of sp³-hybridized carbons (Fsp3) is 0.455. The molecule has 0 aromatic heterocycles. The molecule has 0 amide bonds. The van der Waals surface area contributed by atoms with Crippen molar-refractivity contribution in [2.75, 3.05) is 14.2 Å². The average molecular weight is 215 g/mol. The van der Waals surface area contributed by atoms with Gasteiger partial charge in [0.1, 0.15) is 11.5 Å². The summed E-state index contributed by atoms with van der Waals surface area (Å²) in [6.45, 7) is 2.04. The maximum absolute atomic E-state index is 6.17. The molecule has 1 aromatic carbocycles. The minimum Gasteiger partial charge on any atom is -0.497 e. The number of halogens is 1. The zero-order chi connectivity index (χ0) is 10.6. The van der Waals surface area contributed by atoms with Crippen LogP contribution in [0.2, 0.25) is 0 Å². The molecule has 0 aliphatic heterocycles. The zero-order valence-electron chi connectivity index (χ0n) is 8.71. The predicted octanol–water partition coefficient (Wildman–Crippen LogP) is 3.39. The van der Waals surface area contributed by atoms with Crippen molar-refractivity contribution >= 4 is 11.6 Å². The van der Waals surface area contributed by atoms with Crippen LogP contribution in [-0.4, -0.2) is 14.2 Å². The molecule has 0 saturated carbocycles. The van der Waals surface area contributed by atoms with Crippen LogP contribution < -0.4 is 9.47 Å². The largest absolute Gasteiger partial charge is 0.497 e. The molecule has 0 aliphatic carbocycles. The van der Waals surface area contributed by atoms with Crippen molar-refractivity contribution < 1.29 is 9.47 Å². The SMILES string of the molecule is CCC(Cl)c1cc(OC)ccc1OC. The Kier molecular flexibility index (Phi) is 4.08.